The van der Waals surface area contributed by atoms with Crippen molar-refractivity contribution in [3.63, 3.8) is 0 Å². The number of pyridine rings is 1. The van der Waals surface area contributed by atoms with E-state index in [1.54, 1.807) is 4.68 Å². The third-order valence-corrected chi connectivity index (χ3v) is 5.44. The number of rotatable bonds is 8. The van der Waals surface area contributed by atoms with Crippen LogP contribution < -0.4 is 0 Å². The number of nitrogens with zero attached hydrogens (tertiary/aromatic N) is 4. The van der Waals surface area contributed by atoms with Crippen molar-refractivity contribution < 1.29 is 9.53 Å². The van der Waals surface area contributed by atoms with Gasteiger partial charge in [-0.3, -0.25) is 19.4 Å². The fraction of sp³-hybridized carbons (Fsp3) is 0.435. The second kappa shape index (κ2) is 8.43. The topological polar surface area (TPSA) is 60.2 Å². The Hall–Kier alpha value is -2.57. The summed E-state index contributed by atoms with van der Waals surface area (Å²) in [6, 6.07) is 8.33. The number of likely N-dealkylation sites (tertiary alicyclic amines) is 1. The highest BCUT2D eigenvalue weighted by atomic mass is 16.5. The molecule has 1 fully saturated rings. The molecular weight excluding hydrogens is 364 g/mol. The molecule has 4 rings (SSSR count). The molecule has 29 heavy (non-hydrogen) atoms. The monoisotopic (exact) mass is 392 g/mol. The molecule has 2 aromatic heterocycles. The number of carbonyl (C=O) groups is 1. The number of carbonyl (C=O) groups excluding carboxylic acids is 1. The molecule has 3 heterocycles. The van der Waals surface area contributed by atoms with Crippen molar-refractivity contribution in [2.75, 3.05) is 26.2 Å². The molecule has 3 aromatic rings. The summed E-state index contributed by atoms with van der Waals surface area (Å²) < 4.78 is 7.38. The third-order valence-electron chi connectivity index (χ3n) is 5.44. The Bertz CT molecular complexity index is 1010. The number of aryl methyl sites for hydroxylation is 1. The van der Waals surface area contributed by atoms with Gasteiger partial charge in [-0.1, -0.05) is 12.1 Å². The van der Waals surface area contributed by atoms with E-state index in [0.29, 0.717) is 6.42 Å². The molecule has 0 spiro atoms. The van der Waals surface area contributed by atoms with E-state index in [4.69, 9.17) is 4.74 Å². The van der Waals surface area contributed by atoms with Crippen molar-refractivity contribution in [2.45, 2.75) is 26.4 Å². The van der Waals surface area contributed by atoms with Crippen LogP contribution in [0.4, 0.5) is 0 Å². The summed E-state index contributed by atoms with van der Waals surface area (Å²) in [6.07, 6.45) is 6.38. The highest BCUT2D eigenvalue weighted by Gasteiger charge is 2.32. The smallest absolute Gasteiger partial charge is 0.144 e. The molecule has 1 aliphatic heterocycles. The van der Waals surface area contributed by atoms with E-state index in [1.165, 1.54) is 0 Å². The average molecular weight is 393 g/mol. The zero-order chi connectivity index (χ0) is 20.4. The summed E-state index contributed by atoms with van der Waals surface area (Å²) in [5, 5.41) is 6.43. The first-order valence-electron chi connectivity index (χ1n) is 10.2. The van der Waals surface area contributed by atoms with Crippen molar-refractivity contribution >= 4 is 16.6 Å². The van der Waals surface area contributed by atoms with Crippen molar-refractivity contribution in [1.29, 1.82) is 0 Å². The Labute approximate surface area is 171 Å². The number of fused-ring (bicyclic) bond motifs is 1. The summed E-state index contributed by atoms with van der Waals surface area (Å²) >= 11 is 0. The van der Waals surface area contributed by atoms with Crippen molar-refractivity contribution in [2.24, 2.45) is 13.0 Å². The van der Waals surface area contributed by atoms with Crippen molar-refractivity contribution in [3.8, 4) is 11.1 Å². The maximum absolute atomic E-state index is 12.6. The zero-order valence-corrected chi connectivity index (χ0v) is 17.3. The third kappa shape index (κ3) is 4.71. The van der Waals surface area contributed by atoms with Gasteiger partial charge in [0.25, 0.3) is 0 Å². The fourth-order valence-corrected chi connectivity index (χ4v) is 3.73. The highest BCUT2D eigenvalue weighted by Crippen LogP contribution is 2.25. The van der Waals surface area contributed by atoms with E-state index in [1.807, 2.05) is 45.6 Å². The van der Waals surface area contributed by atoms with Crippen LogP contribution in [0.15, 0.2) is 42.9 Å². The SMILES string of the molecule is CC(C)OCCN1CC(C(=O)Cc2cc3cc(-c4cnn(C)c4)ccc3cn2)C1. The van der Waals surface area contributed by atoms with E-state index < -0.39 is 0 Å². The molecule has 0 saturated carbocycles. The predicted molar refractivity (Wildman–Crippen MR) is 114 cm³/mol. The van der Waals surface area contributed by atoms with Gasteiger partial charge in [-0.2, -0.15) is 5.10 Å². The molecule has 0 amide bonds. The van der Waals surface area contributed by atoms with Crippen LogP contribution in [-0.4, -0.2) is 57.8 Å². The van der Waals surface area contributed by atoms with Gasteiger partial charge in [0.15, 0.2) is 0 Å². The lowest BCUT2D eigenvalue weighted by atomic mass is 9.92. The van der Waals surface area contributed by atoms with Crippen LogP contribution in [-0.2, 0) is 23.0 Å². The van der Waals surface area contributed by atoms with E-state index in [0.717, 1.165) is 53.8 Å². The first kappa shape index (κ1) is 19.7. The molecule has 1 aromatic carbocycles. The Balaban J connectivity index is 1.37. The van der Waals surface area contributed by atoms with Gasteiger partial charge < -0.3 is 4.74 Å². The van der Waals surface area contributed by atoms with Crippen LogP contribution in [0.3, 0.4) is 0 Å². The fourth-order valence-electron chi connectivity index (χ4n) is 3.73. The molecule has 152 valence electrons. The molecule has 1 aliphatic rings. The summed E-state index contributed by atoms with van der Waals surface area (Å²) in [7, 11) is 1.91. The molecule has 0 bridgehead atoms. The number of ketones is 1. The molecule has 1 saturated heterocycles. The van der Waals surface area contributed by atoms with E-state index >= 15 is 0 Å². The summed E-state index contributed by atoms with van der Waals surface area (Å²) in [4.78, 5) is 19.4. The van der Waals surface area contributed by atoms with Gasteiger partial charge in [-0.25, -0.2) is 0 Å². The molecule has 6 nitrogen and oxygen atoms in total. The second-order valence-corrected chi connectivity index (χ2v) is 8.16. The molecule has 0 radical (unpaired) electrons. The number of benzene rings is 1. The van der Waals surface area contributed by atoms with Gasteiger partial charge >= 0.3 is 0 Å². The minimum Gasteiger partial charge on any atom is -0.377 e. The number of aromatic nitrogens is 3. The Kier molecular flexibility index (Phi) is 5.74. The normalized spacial score (nSPS) is 15.2. The molecule has 0 unspecified atom stereocenters. The van der Waals surface area contributed by atoms with Gasteiger partial charge in [0.1, 0.15) is 5.78 Å². The summed E-state index contributed by atoms with van der Waals surface area (Å²) in [5.41, 5.74) is 3.04. The summed E-state index contributed by atoms with van der Waals surface area (Å²) in [6.45, 7) is 7.37. The quantitative estimate of drug-likeness (QED) is 0.590. The van der Waals surface area contributed by atoms with E-state index in [9.17, 15) is 4.79 Å². The second-order valence-electron chi connectivity index (χ2n) is 8.16. The number of Topliss-reactive ketones (excluding diaryl/α,β-unsaturated/α-hetero) is 1. The van der Waals surface area contributed by atoms with Crippen LogP contribution >= 0.6 is 0 Å². The van der Waals surface area contributed by atoms with Gasteiger partial charge in [0, 0.05) is 68.1 Å². The van der Waals surface area contributed by atoms with Crippen LogP contribution in [0.25, 0.3) is 21.9 Å². The minimum atomic E-state index is 0.119. The molecule has 0 N–H and O–H groups in total. The number of hydrogen-bond acceptors (Lipinski definition) is 5. The zero-order valence-electron chi connectivity index (χ0n) is 17.3. The lowest BCUT2D eigenvalue weighted by Crippen LogP contribution is -2.51. The van der Waals surface area contributed by atoms with Crippen LogP contribution in [0.1, 0.15) is 19.5 Å². The highest BCUT2D eigenvalue weighted by molar-refractivity contribution is 5.89. The number of ether oxygens (including phenoxy) is 1. The molecule has 6 heteroatoms. The first-order chi connectivity index (χ1) is 14.0. The van der Waals surface area contributed by atoms with Crippen LogP contribution in [0, 0.1) is 5.92 Å². The molecular formula is C23H28N4O2. The van der Waals surface area contributed by atoms with Crippen LogP contribution in [0.5, 0.6) is 0 Å². The van der Waals surface area contributed by atoms with Gasteiger partial charge in [0.2, 0.25) is 0 Å². The van der Waals surface area contributed by atoms with Gasteiger partial charge in [-0.15, -0.1) is 0 Å². The predicted octanol–water partition coefficient (Wildman–Crippen LogP) is 3.10. The standard InChI is InChI=1S/C23H28N4O2/c1-16(2)29-7-6-27-14-21(15-27)23(28)10-22-9-19-8-17(4-5-18(19)11-24-22)20-12-25-26(3)13-20/h4-5,8-9,11-13,16,21H,6-7,10,14-15H2,1-3H3. The van der Waals surface area contributed by atoms with Gasteiger partial charge in [0.05, 0.1) is 18.9 Å². The Morgan fingerprint density at radius 3 is 2.72 bits per heavy atom. The average Bonchev–Trinajstić information content (AvgIpc) is 3.09. The molecule has 0 aliphatic carbocycles. The maximum atomic E-state index is 12.6. The maximum Gasteiger partial charge on any atom is 0.144 e. The lowest BCUT2D eigenvalue weighted by Gasteiger charge is -2.38. The van der Waals surface area contributed by atoms with E-state index in [-0.39, 0.29) is 17.8 Å². The Morgan fingerprint density at radius 1 is 1.17 bits per heavy atom. The van der Waals surface area contributed by atoms with E-state index in [2.05, 4.69) is 33.2 Å². The largest absolute Gasteiger partial charge is 0.377 e. The molecule has 0 atom stereocenters. The van der Waals surface area contributed by atoms with Crippen molar-refractivity contribution in [1.82, 2.24) is 19.7 Å². The lowest BCUT2D eigenvalue weighted by molar-refractivity contribution is -0.127. The van der Waals surface area contributed by atoms with Crippen molar-refractivity contribution in [3.05, 3.63) is 48.5 Å². The first-order valence-corrected chi connectivity index (χ1v) is 10.2. The van der Waals surface area contributed by atoms with Crippen LogP contribution in [0.2, 0.25) is 0 Å². The number of hydrogen-bond donors (Lipinski definition) is 0. The summed E-state index contributed by atoms with van der Waals surface area (Å²) in [5.74, 6) is 0.398. The van der Waals surface area contributed by atoms with Gasteiger partial charge in [-0.05, 0) is 36.9 Å². The minimum absolute atomic E-state index is 0.119. The Morgan fingerprint density at radius 2 is 2.00 bits per heavy atom.